The quantitative estimate of drug-likeness (QED) is 0.436. The number of aromatic hydroxyl groups is 5. The fourth-order valence-electron chi connectivity index (χ4n) is 1.18. The third kappa shape index (κ3) is 3.70. The number of carbonyl (C=O) groups is 1. The Hall–Kier alpha value is -3.09. The van der Waals surface area contributed by atoms with Crippen molar-refractivity contribution in [3.63, 3.8) is 0 Å². The number of carboxylic acid groups (broad SMARTS) is 1. The van der Waals surface area contributed by atoms with Crippen molar-refractivity contribution in [3.05, 3.63) is 42.0 Å². The van der Waals surface area contributed by atoms with Crippen molar-refractivity contribution in [2.24, 2.45) is 0 Å². The van der Waals surface area contributed by atoms with Gasteiger partial charge in [0, 0.05) is 0 Å². The van der Waals surface area contributed by atoms with E-state index in [1.165, 1.54) is 24.3 Å². The number of aromatic carboxylic acids is 1. The molecule has 0 aliphatic heterocycles. The van der Waals surface area contributed by atoms with Gasteiger partial charge >= 0.3 is 5.97 Å². The minimum absolute atomic E-state index is 0.0553. The number of hydrogen-bond donors (Lipinski definition) is 6. The van der Waals surface area contributed by atoms with Crippen molar-refractivity contribution in [2.75, 3.05) is 0 Å². The van der Waals surface area contributed by atoms with Crippen LogP contribution < -0.4 is 0 Å². The van der Waals surface area contributed by atoms with Crippen molar-refractivity contribution in [2.45, 2.75) is 0 Å². The maximum Gasteiger partial charge on any atom is 0.335 e. The summed E-state index contributed by atoms with van der Waals surface area (Å²) < 4.78 is 0. The van der Waals surface area contributed by atoms with E-state index in [1.807, 2.05) is 0 Å². The molecule has 2 aromatic carbocycles. The van der Waals surface area contributed by atoms with Gasteiger partial charge in [0.15, 0.2) is 28.7 Å². The third-order valence-corrected chi connectivity index (χ3v) is 2.22. The Morgan fingerprint density at radius 2 is 1.30 bits per heavy atom. The summed E-state index contributed by atoms with van der Waals surface area (Å²) in [4.78, 5) is 10.3. The first-order chi connectivity index (χ1) is 9.32. The summed E-state index contributed by atoms with van der Waals surface area (Å²) in [6.07, 6.45) is 0. The predicted molar refractivity (Wildman–Crippen MR) is 68.2 cm³/mol. The van der Waals surface area contributed by atoms with Crippen LogP contribution in [0.5, 0.6) is 28.7 Å². The second kappa shape index (κ2) is 6.19. The zero-order chi connectivity index (χ0) is 15.3. The van der Waals surface area contributed by atoms with Crippen LogP contribution in [0, 0.1) is 0 Å². The number of phenolic OH excluding ortho intramolecular Hbond substituents is 5. The van der Waals surface area contributed by atoms with Crippen LogP contribution in [0.15, 0.2) is 36.4 Å². The van der Waals surface area contributed by atoms with Gasteiger partial charge in [0.2, 0.25) is 0 Å². The maximum atomic E-state index is 10.3. The summed E-state index contributed by atoms with van der Waals surface area (Å²) in [5.74, 6) is -2.98. The van der Waals surface area contributed by atoms with Crippen molar-refractivity contribution in [3.8, 4) is 28.7 Å². The third-order valence-electron chi connectivity index (χ3n) is 2.22. The van der Waals surface area contributed by atoms with Gasteiger partial charge in [-0.15, -0.1) is 0 Å². The molecule has 0 saturated heterocycles. The monoisotopic (exact) mass is 280 g/mol. The van der Waals surface area contributed by atoms with E-state index in [0.29, 0.717) is 0 Å². The summed E-state index contributed by atoms with van der Waals surface area (Å²) >= 11 is 0. The number of para-hydroxylation sites is 1. The molecule has 0 saturated carbocycles. The summed E-state index contributed by atoms with van der Waals surface area (Å²) in [7, 11) is 0. The van der Waals surface area contributed by atoms with E-state index >= 15 is 0 Å². The molecule has 20 heavy (non-hydrogen) atoms. The van der Waals surface area contributed by atoms with Crippen LogP contribution >= 0.6 is 0 Å². The van der Waals surface area contributed by atoms with E-state index in [0.717, 1.165) is 12.1 Å². The second-order valence-corrected chi connectivity index (χ2v) is 3.65. The number of phenols is 5. The first kappa shape index (κ1) is 15.0. The molecule has 0 aromatic heterocycles. The van der Waals surface area contributed by atoms with Gasteiger partial charge in [-0.25, -0.2) is 4.79 Å². The lowest BCUT2D eigenvalue weighted by Crippen LogP contribution is -1.94. The van der Waals surface area contributed by atoms with Crippen LogP contribution in [0.2, 0.25) is 0 Å². The van der Waals surface area contributed by atoms with E-state index < -0.39 is 17.5 Å². The normalized spacial score (nSPS) is 9.40. The van der Waals surface area contributed by atoms with E-state index in [-0.39, 0.29) is 22.8 Å². The predicted octanol–water partition coefficient (Wildman–Crippen LogP) is 1.60. The molecule has 2 aromatic rings. The number of rotatable bonds is 1. The van der Waals surface area contributed by atoms with E-state index in [1.54, 1.807) is 0 Å². The summed E-state index contributed by atoms with van der Waals surface area (Å²) in [5, 5.41) is 52.1. The Bertz CT molecular complexity index is 602. The van der Waals surface area contributed by atoms with Crippen LogP contribution in [0.3, 0.4) is 0 Å². The molecular formula is C13H12O7. The molecule has 2 rings (SSSR count). The maximum absolute atomic E-state index is 10.3. The largest absolute Gasteiger partial charge is 0.504 e. The van der Waals surface area contributed by atoms with E-state index in [9.17, 15) is 4.79 Å². The average Bonchev–Trinajstić information content (AvgIpc) is 2.39. The van der Waals surface area contributed by atoms with Gasteiger partial charge in [-0.1, -0.05) is 6.07 Å². The molecule has 0 heterocycles. The first-order valence-corrected chi connectivity index (χ1v) is 5.28. The summed E-state index contributed by atoms with van der Waals surface area (Å²) in [6.45, 7) is 0. The number of benzene rings is 2. The van der Waals surface area contributed by atoms with Gasteiger partial charge in [-0.3, -0.25) is 0 Å². The molecule has 0 spiro atoms. The molecule has 0 fully saturated rings. The SMILES string of the molecule is O=C(O)c1ccc(O)c(O)c1.Oc1cccc(O)c1O. The molecule has 106 valence electrons. The van der Waals surface area contributed by atoms with Crippen molar-refractivity contribution >= 4 is 5.97 Å². The topological polar surface area (TPSA) is 138 Å². The Morgan fingerprint density at radius 3 is 1.70 bits per heavy atom. The molecule has 0 radical (unpaired) electrons. The van der Waals surface area contributed by atoms with Gasteiger partial charge in [-0.2, -0.15) is 0 Å². The highest BCUT2D eigenvalue weighted by molar-refractivity contribution is 5.88. The molecule has 0 amide bonds. The fraction of sp³-hybridized carbons (Fsp3) is 0. The first-order valence-electron chi connectivity index (χ1n) is 5.28. The molecule has 0 bridgehead atoms. The smallest absolute Gasteiger partial charge is 0.335 e. The lowest BCUT2D eigenvalue weighted by molar-refractivity contribution is 0.0696. The summed E-state index contributed by atoms with van der Waals surface area (Å²) in [5.41, 5.74) is -0.0553. The Morgan fingerprint density at radius 1 is 0.750 bits per heavy atom. The highest BCUT2D eigenvalue weighted by atomic mass is 16.4. The van der Waals surface area contributed by atoms with Gasteiger partial charge in [0.25, 0.3) is 0 Å². The minimum atomic E-state index is -1.14. The van der Waals surface area contributed by atoms with Crippen molar-refractivity contribution < 1.29 is 35.4 Å². The molecule has 0 atom stereocenters. The highest BCUT2D eigenvalue weighted by Gasteiger charge is 2.05. The summed E-state index contributed by atoms with van der Waals surface area (Å²) in [6, 6.07) is 7.32. The molecule has 7 nitrogen and oxygen atoms in total. The number of hydrogen-bond acceptors (Lipinski definition) is 6. The van der Waals surface area contributed by atoms with Crippen LogP contribution in [0.4, 0.5) is 0 Å². The standard InChI is InChI=1S/C7H6O4.C6H6O3/c8-5-2-1-4(7(10)11)3-6(5)9;7-4-2-1-3-5(8)6(4)9/h1-3,8-9H,(H,10,11);1-3,7-9H. The van der Waals surface area contributed by atoms with E-state index in [2.05, 4.69) is 0 Å². The van der Waals surface area contributed by atoms with Gasteiger partial charge in [0.05, 0.1) is 5.56 Å². The second-order valence-electron chi connectivity index (χ2n) is 3.65. The van der Waals surface area contributed by atoms with Crippen LogP contribution in [0.1, 0.15) is 10.4 Å². The van der Waals surface area contributed by atoms with Gasteiger partial charge in [0.1, 0.15) is 0 Å². The minimum Gasteiger partial charge on any atom is -0.504 e. The van der Waals surface area contributed by atoms with Crippen LogP contribution in [-0.4, -0.2) is 36.6 Å². The van der Waals surface area contributed by atoms with Gasteiger partial charge in [-0.05, 0) is 30.3 Å². The number of carboxylic acids is 1. The Labute approximate surface area is 113 Å². The van der Waals surface area contributed by atoms with E-state index in [4.69, 9.17) is 30.6 Å². The zero-order valence-corrected chi connectivity index (χ0v) is 10.1. The fourth-order valence-corrected chi connectivity index (χ4v) is 1.18. The lowest BCUT2D eigenvalue weighted by atomic mass is 10.2. The molecule has 6 N–H and O–H groups in total. The van der Waals surface area contributed by atoms with Gasteiger partial charge < -0.3 is 30.6 Å². The molecule has 0 unspecified atom stereocenters. The molecule has 0 aliphatic rings. The molecule has 7 heteroatoms. The zero-order valence-electron chi connectivity index (χ0n) is 10.1. The Balaban J connectivity index is 0.000000204. The molecule has 0 aliphatic carbocycles. The van der Waals surface area contributed by atoms with Crippen molar-refractivity contribution in [1.29, 1.82) is 0 Å². The van der Waals surface area contributed by atoms with Crippen molar-refractivity contribution in [1.82, 2.24) is 0 Å². The lowest BCUT2D eigenvalue weighted by Gasteiger charge is -1.97. The molecular weight excluding hydrogens is 268 g/mol. The Kier molecular flexibility index (Phi) is 4.63. The average molecular weight is 280 g/mol. The highest BCUT2D eigenvalue weighted by Crippen LogP contribution is 2.32. The van der Waals surface area contributed by atoms with Crippen LogP contribution in [-0.2, 0) is 0 Å². The van der Waals surface area contributed by atoms with Crippen LogP contribution in [0.25, 0.3) is 0 Å².